The molecule has 12 aromatic carbocycles. The summed E-state index contributed by atoms with van der Waals surface area (Å²) < 4.78 is 136. The van der Waals surface area contributed by atoms with Crippen LogP contribution in [0, 0.1) is 0 Å². The van der Waals surface area contributed by atoms with E-state index in [1.165, 1.54) is 20.2 Å². The van der Waals surface area contributed by atoms with Gasteiger partial charge in [0.25, 0.3) is 0 Å². The first-order chi connectivity index (χ1) is 44.0. The maximum atomic E-state index is 9.75. The average Bonchev–Trinajstić information content (AvgIpc) is 1.56. The third-order valence-corrected chi connectivity index (χ3v) is 16.7. The topological polar surface area (TPSA) is 13.1 Å². The van der Waals surface area contributed by atoms with Gasteiger partial charge in [-0.05, 0) is 129 Å². The highest BCUT2D eigenvalue weighted by atomic mass is 32.1. The minimum absolute atomic E-state index is 0.0272. The highest BCUT2D eigenvalue weighted by molar-refractivity contribution is 7.26. The number of para-hydroxylation sites is 3. The zero-order valence-electron chi connectivity index (χ0n) is 54.8. The molecule has 1 aliphatic rings. The number of thiophene rings is 1. The van der Waals surface area contributed by atoms with E-state index in [-0.39, 0.29) is 22.3 Å². The van der Waals surface area contributed by atoms with Crippen molar-refractivity contribution in [2.24, 2.45) is 0 Å². The lowest BCUT2D eigenvalue weighted by molar-refractivity contribution is 0.768. The summed E-state index contributed by atoms with van der Waals surface area (Å²) in [5.41, 5.74) is 6.02. The summed E-state index contributed by atoms with van der Waals surface area (Å²) in [6, 6.07) is 57.7. The van der Waals surface area contributed by atoms with Gasteiger partial charge in [0.05, 0.1) is 46.7 Å². The zero-order chi connectivity index (χ0) is 62.8. The van der Waals surface area contributed by atoms with E-state index < -0.39 is 101 Å². The number of anilines is 3. The van der Waals surface area contributed by atoms with Crippen LogP contribution in [0.4, 0.5) is 17.1 Å². The predicted molar refractivity (Wildman–Crippen MR) is 325 cm³/mol. The van der Waals surface area contributed by atoms with E-state index in [0.717, 1.165) is 77.5 Å². The molecule has 0 N–H and O–H groups in total. The molecule has 0 fully saturated rings. The smallest absolute Gasteiger partial charge is 0.0713 e. The summed E-state index contributed by atoms with van der Waals surface area (Å²) in [6.45, 7) is 0. The number of hydrogen-bond donors (Lipinski definition) is 0. The molecule has 0 amide bonds. The third-order valence-electron chi connectivity index (χ3n) is 15.4. The molecule has 4 heteroatoms. The number of aromatic nitrogens is 2. The summed E-state index contributed by atoms with van der Waals surface area (Å²) in [5.74, 6) is 0. The van der Waals surface area contributed by atoms with E-state index in [4.69, 9.17) is 11.0 Å². The number of benzene rings is 12. The third kappa shape index (κ3) is 6.49. The first kappa shape index (κ1) is 31.9. The van der Waals surface area contributed by atoms with Crippen molar-refractivity contribution >= 4 is 92.2 Å². The Bertz CT molecular complexity index is 5490. The zero-order valence-corrected chi connectivity index (χ0v) is 41.6. The Labute approximate surface area is 469 Å². The lowest BCUT2D eigenvalue weighted by Gasteiger charge is -2.33. The molecular weight excluding hydrogens is 951 g/mol. The van der Waals surface area contributed by atoms with E-state index in [1.807, 2.05) is 28.8 Å². The molecule has 1 aliphatic carbocycles. The fraction of sp³-hybridized carbons (Fsp3) is 0.0137. The van der Waals surface area contributed by atoms with Crippen molar-refractivity contribution in [3.8, 4) is 33.6 Å². The summed E-state index contributed by atoms with van der Waals surface area (Å²) in [7, 11) is 0. The van der Waals surface area contributed by atoms with Gasteiger partial charge in [-0.25, -0.2) is 0 Å². The molecule has 0 atom stereocenters. The fourth-order valence-electron chi connectivity index (χ4n) is 12.2. The standard InChI is InChI=1S/C73H47N3S/c1-3-18-49(19-4-1)73(50-20-5-2-6-21-50)65-29-12-7-22-57(65)64-46-54(43-45-66(64)73)76-69-32-15-10-25-60(69)61-44-42-55(47-70(61)76)74(51-36-34-48(35-37-51)56-27-17-28-63-62-26-11-16-33-71(62)77-72(56)63)52-38-40-53(41-39-52)75-67-30-13-8-23-58(67)59-24-9-14-31-68(59)75/h1-47H/i1D,2D,3D,4D,5D,6D,7D,12D,18D,19D,20D,21D,22D,29D. The molecule has 0 saturated heterocycles. The first-order valence-corrected chi connectivity index (χ1v) is 26.2. The minimum Gasteiger partial charge on any atom is -0.310 e. The highest BCUT2D eigenvalue weighted by Crippen LogP contribution is 2.57. The van der Waals surface area contributed by atoms with E-state index >= 15 is 0 Å². The SMILES string of the molecule is [2H]c1c([2H])c([2H])c(C2(c3c([2H])c([2H])c([2H])c([2H])c3[2H])c3ccc(-n4c5ccccc5c5ccc(N(c6ccc(-c7cccc8c7sc7ccccc78)cc6)c6ccc(-n7c8ccccc8c8ccccc87)cc6)cc54)cc3-c3c([2H])c([2H])c([2H])c([2H])c32)c([2H])c1[2H]. The quantitative estimate of drug-likeness (QED) is 0.148. The van der Waals surface area contributed by atoms with Gasteiger partial charge in [0.15, 0.2) is 0 Å². The highest BCUT2D eigenvalue weighted by Gasteiger charge is 2.46. The number of fused-ring (bicyclic) bond motifs is 12. The van der Waals surface area contributed by atoms with Crippen LogP contribution in [0.1, 0.15) is 41.4 Å². The second-order valence-electron chi connectivity index (χ2n) is 19.3. The molecule has 0 spiro atoms. The molecule has 16 rings (SSSR count). The lowest BCUT2D eigenvalue weighted by atomic mass is 9.68. The van der Waals surface area contributed by atoms with Crippen LogP contribution in [0.15, 0.2) is 285 Å². The second-order valence-corrected chi connectivity index (χ2v) is 20.4. The van der Waals surface area contributed by atoms with Crippen molar-refractivity contribution in [2.45, 2.75) is 5.41 Å². The molecule has 3 aromatic heterocycles. The number of nitrogens with zero attached hydrogens (tertiary/aromatic N) is 3. The number of rotatable bonds is 8. The van der Waals surface area contributed by atoms with E-state index in [9.17, 15) is 8.22 Å². The monoisotopic (exact) mass is 1010 g/mol. The van der Waals surface area contributed by atoms with Crippen LogP contribution in [-0.2, 0) is 5.41 Å². The summed E-state index contributed by atoms with van der Waals surface area (Å²) >= 11 is 1.78. The Morgan fingerprint density at radius 3 is 1.53 bits per heavy atom. The molecule has 77 heavy (non-hydrogen) atoms. The van der Waals surface area contributed by atoms with Crippen molar-refractivity contribution in [3.63, 3.8) is 0 Å². The minimum atomic E-state index is -2.51. The van der Waals surface area contributed by atoms with Crippen LogP contribution in [-0.4, -0.2) is 9.13 Å². The molecule has 0 aliphatic heterocycles. The van der Waals surface area contributed by atoms with E-state index in [0.29, 0.717) is 5.69 Å². The van der Waals surface area contributed by atoms with Crippen LogP contribution in [0.3, 0.4) is 0 Å². The lowest BCUT2D eigenvalue weighted by Crippen LogP contribution is -2.28. The summed E-state index contributed by atoms with van der Waals surface area (Å²) in [6.07, 6.45) is 0. The summed E-state index contributed by atoms with van der Waals surface area (Å²) in [4.78, 5) is 2.21. The van der Waals surface area contributed by atoms with Gasteiger partial charge in [-0.2, -0.15) is 0 Å². The molecule has 3 heterocycles. The molecule has 0 radical (unpaired) electrons. The Morgan fingerprint density at radius 1 is 0.351 bits per heavy atom. The molecular formula is C73H47N3S. The Kier molecular flexibility index (Phi) is 7.10. The van der Waals surface area contributed by atoms with Crippen LogP contribution in [0.2, 0.25) is 0 Å². The Balaban J connectivity index is 0.933. The van der Waals surface area contributed by atoms with Crippen LogP contribution in [0.25, 0.3) is 97.4 Å². The summed E-state index contributed by atoms with van der Waals surface area (Å²) in [5, 5.41) is 6.49. The van der Waals surface area contributed by atoms with Crippen LogP contribution in [0.5, 0.6) is 0 Å². The maximum absolute atomic E-state index is 9.75. The molecule has 0 unspecified atom stereocenters. The van der Waals surface area contributed by atoms with Gasteiger partial charge in [-0.3, -0.25) is 0 Å². The maximum Gasteiger partial charge on any atom is 0.0713 e. The second kappa shape index (κ2) is 17.2. The first-order valence-electron chi connectivity index (χ1n) is 32.3. The van der Waals surface area contributed by atoms with Crippen molar-refractivity contribution in [1.29, 1.82) is 0 Å². The predicted octanol–water partition coefficient (Wildman–Crippen LogP) is 19.7. The molecule has 0 saturated carbocycles. The van der Waals surface area contributed by atoms with Crippen molar-refractivity contribution in [3.05, 3.63) is 307 Å². The average molecular weight is 1010 g/mol. The van der Waals surface area contributed by atoms with Crippen LogP contribution >= 0.6 is 11.3 Å². The molecule has 15 aromatic rings. The van der Waals surface area contributed by atoms with E-state index in [2.05, 4.69) is 167 Å². The molecule has 0 bridgehead atoms. The fourth-order valence-corrected chi connectivity index (χ4v) is 13.4. The number of hydrogen-bond acceptors (Lipinski definition) is 2. The Morgan fingerprint density at radius 2 is 0.870 bits per heavy atom. The van der Waals surface area contributed by atoms with Gasteiger partial charge in [0.1, 0.15) is 0 Å². The molecule has 3 nitrogen and oxygen atoms in total. The van der Waals surface area contributed by atoms with Crippen molar-refractivity contribution in [2.75, 3.05) is 4.90 Å². The normalized spacial score (nSPS) is 15.3. The van der Waals surface area contributed by atoms with Gasteiger partial charge in [0, 0.05) is 70.2 Å². The van der Waals surface area contributed by atoms with Gasteiger partial charge in [-0.15, -0.1) is 11.3 Å². The van der Waals surface area contributed by atoms with Crippen molar-refractivity contribution < 1.29 is 19.2 Å². The van der Waals surface area contributed by atoms with Crippen molar-refractivity contribution in [1.82, 2.24) is 9.13 Å². The largest absolute Gasteiger partial charge is 0.310 e. The van der Waals surface area contributed by atoms with Gasteiger partial charge < -0.3 is 14.0 Å². The van der Waals surface area contributed by atoms with Gasteiger partial charge in [0.2, 0.25) is 0 Å². The Hall–Kier alpha value is -9.74. The van der Waals surface area contributed by atoms with Gasteiger partial charge in [-0.1, -0.05) is 200 Å². The van der Waals surface area contributed by atoms with E-state index in [1.54, 1.807) is 29.5 Å². The van der Waals surface area contributed by atoms with Crippen LogP contribution < -0.4 is 4.90 Å². The molecule has 360 valence electrons. The van der Waals surface area contributed by atoms with Gasteiger partial charge >= 0.3 is 0 Å².